The number of carbonyl (C=O) groups excluding carboxylic acids is 2. The predicted molar refractivity (Wildman–Crippen MR) is 112 cm³/mol. The SMILES string of the molecule is O=C(N[C@H]1CC[C@@H](NC(=O)C2CCC2)CC1)O[C@@H]1CCN(c2cn[nH]c(=O)c2Cl)C1. The highest BCUT2D eigenvalue weighted by atomic mass is 35.5. The molecule has 164 valence electrons. The molecule has 0 unspecified atom stereocenters. The van der Waals surface area contributed by atoms with Crippen LogP contribution in [0.1, 0.15) is 51.4 Å². The molecule has 30 heavy (non-hydrogen) atoms. The Morgan fingerprint density at radius 1 is 1.10 bits per heavy atom. The summed E-state index contributed by atoms with van der Waals surface area (Å²) in [6.45, 7) is 1.10. The minimum atomic E-state index is -0.434. The standard InChI is InChI=1S/C20H28ClN5O4/c21-17-16(10-22-25-19(17)28)26-9-8-15(11-26)30-20(29)24-14-6-4-13(5-7-14)23-18(27)12-2-1-3-12/h10,12-15H,1-9,11H2,(H,23,27)(H,24,29)(H,25,28)/t13-,14+,15-/m1/s1. The largest absolute Gasteiger partial charge is 0.444 e. The van der Waals surface area contributed by atoms with E-state index in [2.05, 4.69) is 20.8 Å². The fourth-order valence-corrected chi connectivity index (χ4v) is 4.57. The number of aromatic amines is 1. The number of H-pyrrole nitrogens is 1. The third-order valence-electron chi connectivity index (χ3n) is 6.41. The molecular formula is C20H28ClN5O4. The molecule has 1 aromatic heterocycles. The second-order valence-electron chi connectivity index (χ2n) is 8.49. The number of anilines is 1. The summed E-state index contributed by atoms with van der Waals surface area (Å²) in [7, 11) is 0. The van der Waals surface area contributed by atoms with Gasteiger partial charge in [-0.2, -0.15) is 5.10 Å². The molecule has 1 aliphatic heterocycles. The normalized spacial score (nSPS) is 26.7. The summed E-state index contributed by atoms with van der Waals surface area (Å²) in [6.07, 6.45) is 8.06. The molecule has 0 radical (unpaired) electrons. The molecule has 2 aliphatic carbocycles. The lowest BCUT2D eigenvalue weighted by Crippen LogP contribution is -2.46. The van der Waals surface area contributed by atoms with E-state index in [0.29, 0.717) is 25.2 Å². The number of carbonyl (C=O) groups is 2. The van der Waals surface area contributed by atoms with E-state index in [4.69, 9.17) is 16.3 Å². The van der Waals surface area contributed by atoms with Crippen molar-refractivity contribution in [3.63, 3.8) is 0 Å². The summed E-state index contributed by atoms with van der Waals surface area (Å²) in [4.78, 5) is 37.9. The minimum Gasteiger partial charge on any atom is -0.444 e. The Morgan fingerprint density at radius 2 is 1.80 bits per heavy atom. The van der Waals surface area contributed by atoms with Crippen LogP contribution in [0.4, 0.5) is 10.5 Å². The number of aromatic nitrogens is 2. The zero-order valence-electron chi connectivity index (χ0n) is 16.9. The molecule has 3 fully saturated rings. The van der Waals surface area contributed by atoms with Crippen LogP contribution in [0.25, 0.3) is 0 Å². The summed E-state index contributed by atoms with van der Waals surface area (Å²) in [6, 6.07) is 0.279. The van der Waals surface area contributed by atoms with Gasteiger partial charge in [0.25, 0.3) is 5.56 Å². The van der Waals surface area contributed by atoms with Gasteiger partial charge in [-0.1, -0.05) is 18.0 Å². The van der Waals surface area contributed by atoms with Gasteiger partial charge in [-0.25, -0.2) is 9.89 Å². The van der Waals surface area contributed by atoms with Gasteiger partial charge in [0.15, 0.2) is 0 Å². The molecular weight excluding hydrogens is 410 g/mol. The Bertz CT molecular complexity index is 835. The van der Waals surface area contributed by atoms with E-state index < -0.39 is 11.7 Å². The summed E-state index contributed by atoms with van der Waals surface area (Å²) in [5.74, 6) is 0.403. The first kappa shape index (κ1) is 21.0. The van der Waals surface area contributed by atoms with E-state index in [0.717, 1.165) is 44.9 Å². The molecule has 3 N–H and O–H groups in total. The third kappa shape index (κ3) is 4.88. The summed E-state index contributed by atoms with van der Waals surface area (Å²) in [5.41, 5.74) is 0.116. The fourth-order valence-electron chi connectivity index (χ4n) is 4.36. The number of hydrogen-bond donors (Lipinski definition) is 3. The Hall–Kier alpha value is -2.29. The van der Waals surface area contributed by atoms with Gasteiger partial charge in [0.1, 0.15) is 11.1 Å². The van der Waals surface area contributed by atoms with Gasteiger partial charge in [0.2, 0.25) is 5.91 Å². The van der Waals surface area contributed by atoms with Crippen molar-refractivity contribution < 1.29 is 14.3 Å². The average Bonchev–Trinajstić information content (AvgIpc) is 3.12. The van der Waals surface area contributed by atoms with E-state index in [1.807, 2.05) is 4.90 Å². The van der Waals surface area contributed by atoms with Crippen molar-refractivity contribution in [3.8, 4) is 0 Å². The zero-order chi connectivity index (χ0) is 21.1. The monoisotopic (exact) mass is 437 g/mol. The number of rotatable bonds is 5. The molecule has 9 nitrogen and oxygen atoms in total. The predicted octanol–water partition coefficient (Wildman–Crippen LogP) is 1.96. The van der Waals surface area contributed by atoms with Crippen LogP contribution in [-0.4, -0.2) is 53.5 Å². The maximum Gasteiger partial charge on any atom is 0.407 e. The van der Waals surface area contributed by atoms with Crippen molar-refractivity contribution in [1.82, 2.24) is 20.8 Å². The molecule has 1 saturated heterocycles. The number of halogens is 1. The molecule has 10 heteroatoms. The molecule has 2 saturated carbocycles. The Morgan fingerprint density at radius 3 is 2.47 bits per heavy atom. The molecule has 3 aliphatic rings. The van der Waals surface area contributed by atoms with E-state index in [-0.39, 0.29) is 35.0 Å². The molecule has 0 spiro atoms. The first-order chi connectivity index (χ1) is 14.5. The summed E-state index contributed by atoms with van der Waals surface area (Å²) < 4.78 is 5.57. The van der Waals surface area contributed by atoms with Gasteiger partial charge in [0.05, 0.1) is 18.4 Å². The first-order valence-electron chi connectivity index (χ1n) is 10.7. The second kappa shape index (κ2) is 9.24. The lowest BCUT2D eigenvalue weighted by atomic mass is 9.84. The summed E-state index contributed by atoms with van der Waals surface area (Å²) >= 11 is 6.06. The van der Waals surface area contributed by atoms with Crippen LogP contribution in [0.3, 0.4) is 0 Å². The van der Waals surface area contributed by atoms with E-state index >= 15 is 0 Å². The highest BCUT2D eigenvalue weighted by molar-refractivity contribution is 6.33. The maximum atomic E-state index is 12.3. The lowest BCUT2D eigenvalue weighted by Gasteiger charge is -2.32. The average molecular weight is 438 g/mol. The smallest absolute Gasteiger partial charge is 0.407 e. The van der Waals surface area contributed by atoms with Crippen LogP contribution in [-0.2, 0) is 9.53 Å². The number of alkyl carbamates (subject to hydrolysis) is 1. The molecule has 2 heterocycles. The van der Waals surface area contributed by atoms with Crippen molar-refractivity contribution in [2.45, 2.75) is 69.6 Å². The van der Waals surface area contributed by atoms with E-state index in [9.17, 15) is 14.4 Å². The van der Waals surface area contributed by atoms with Crippen LogP contribution in [0, 0.1) is 5.92 Å². The van der Waals surface area contributed by atoms with Gasteiger partial charge in [-0.05, 0) is 38.5 Å². The van der Waals surface area contributed by atoms with E-state index in [1.54, 1.807) is 0 Å². The molecule has 1 atom stereocenters. The Labute approximate surface area is 179 Å². The molecule has 2 amide bonds. The number of hydrogen-bond acceptors (Lipinski definition) is 6. The Kier molecular flexibility index (Phi) is 6.46. The van der Waals surface area contributed by atoms with Crippen molar-refractivity contribution in [1.29, 1.82) is 0 Å². The van der Waals surface area contributed by atoms with Crippen molar-refractivity contribution in [2.75, 3.05) is 18.0 Å². The van der Waals surface area contributed by atoms with Crippen LogP contribution in [0.2, 0.25) is 5.02 Å². The van der Waals surface area contributed by atoms with Gasteiger partial charge < -0.3 is 20.3 Å². The van der Waals surface area contributed by atoms with Crippen LogP contribution >= 0.6 is 11.6 Å². The van der Waals surface area contributed by atoms with Gasteiger partial charge in [0, 0.05) is 31.0 Å². The first-order valence-corrected chi connectivity index (χ1v) is 11.1. The Balaban J connectivity index is 1.18. The van der Waals surface area contributed by atoms with Crippen LogP contribution in [0.5, 0.6) is 0 Å². The van der Waals surface area contributed by atoms with Crippen molar-refractivity contribution in [3.05, 3.63) is 21.6 Å². The van der Waals surface area contributed by atoms with Crippen molar-refractivity contribution >= 4 is 29.3 Å². The molecule has 0 aromatic carbocycles. The topological polar surface area (TPSA) is 116 Å². The lowest BCUT2D eigenvalue weighted by molar-refractivity contribution is -0.128. The van der Waals surface area contributed by atoms with Crippen molar-refractivity contribution in [2.24, 2.45) is 5.92 Å². The zero-order valence-corrected chi connectivity index (χ0v) is 17.6. The van der Waals surface area contributed by atoms with Gasteiger partial charge in [-0.15, -0.1) is 0 Å². The molecule has 4 rings (SSSR count). The third-order valence-corrected chi connectivity index (χ3v) is 6.77. The fraction of sp³-hybridized carbons (Fsp3) is 0.700. The number of nitrogens with zero attached hydrogens (tertiary/aromatic N) is 2. The number of nitrogens with one attached hydrogen (secondary N) is 3. The number of ether oxygens (including phenoxy) is 1. The second-order valence-corrected chi connectivity index (χ2v) is 8.87. The van der Waals surface area contributed by atoms with Gasteiger partial charge in [-0.3, -0.25) is 9.59 Å². The number of amides is 2. The van der Waals surface area contributed by atoms with Crippen LogP contribution in [0.15, 0.2) is 11.0 Å². The maximum absolute atomic E-state index is 12.3. The van der Waals surface area contributed by atoms with Gasteiger partial charge >= 0.3 is 6.09 Å². The van der Waals surface area contributed by atoms with Crippen LogP contribution < -0.4 is 21.1 Å². The highest BCUT2D eigenvalue weighted by Gasteiger charge is 2.31. The summed E-state index contributed by atoms with van der Waals surface area (Å²) in [5, 5.41) is 12.3. The van der Waals surface area contributed by atoms with E-state index in [1.165, 1.54) is 6.20 Å². The molecule has 0 bridgehead atoms. The molecule has 1 aromatic rings. The quantitative estimate of drug-likeness (QED) is 0.648. The highest BCUT2D eigenvalue weighted by Crippen LogP contribution is 2.28. The minimum absolute atomic E-state index is 0.0678.